The summed E-state index contributed by atoms with van der Waals surface area (Å²) in [5.74, 6) is 0.697. The van der Waals surface area contributed by atoms with Crippen LogP contribution in [0.1, 0.15) is 39.5 Å². The molecule has 5 nitrogen and oxygen atoms in total. The zero-order valence-corrected chi connectivity index (χ0v) is 13.3. The fourth-order valence-electron chi connectivity index (χ4n) is 2.60. The molecular formula is C17H24N2O3. The number of hydrogen-bond acceptors (Lipinski definition) is 3. The molecule has 2 rings (SSSR count). The average molecular weight is 304 g/mol. The number of anilines is 1. The first-order valence-corrected chi connectivity index (χ1v) is 7.95. The van der Waals surface area contributed by atoms with E-state index in [0.29, 0.717) is 25.3 Å². The van der Waals surface area contributed by atoms with E-state index < -0.39 is 6.04 Å². The van der Waals surface area contributed by atoms with Gasteiger partial charge in [-0.1, -0.05) is 6.42 Å². The second kappa shape index (κ2) is 7.82. The molecule has 0 spiro atoms. The first-order chi connectivity index (χ1) is 10.6. The Bertz CT molecular complexity index is 513. The molecule has 2 amide bonds. The standard InChI is InChI=1S/C17H24N2O3/c1-3-22-15-10-8-14(9-11-15)18-17(21)13(2)19-12-6-4-5-7-16(19)20/h8-11,13H,3-7,12H2,1-2H3,(H,18,21)/t13-/m1/s1. The lowest BCUT2D eigenvalue weighted by Gasteiger charge is -2.27. The Morgan fingerprint density at radius 1 is 1.27 bits per heavy atom. The smallest absolute Gasteiger partial charge is 0.246 e. The highest BCUT2D eigenvalue weighted by molar-refractivity contribution is 5.97. The molecule has 5 heteroatoms. The lowest BCUT2D eigenvalue weighted by atomic mass is 10.2. The number of benzene rings is 1. The summed E-state index contributed by atoms with van der Waals surface area (Å²) in [4.78, 5) is 26.1. The molecule has 1 heterocycles. The first kappa shape index (κ1) is 16.3. The molecule has 0 unspecified atom stereocenters. The van der Waals surface area contributed by atoms with Gasteiger partial charge in [-0.2, -0.15) is 0 Å². The van der Waals surface area contributed by atoms with Gasteiger partial charge in [-0.25, -0.2) is 0 Å². The van der Waals surface area contributed by atoms with Gasteiger partial charge in [0.1, 0.15) is 11.8 Å². The van der Waals surface area contributed by atoms with Crippen molar-refractivity contribution in [1.82, 2.24) is 4.90 Å². The minimum absolute atomic E-state index is 0.0758. The Balaban J connectivity index is 1.96. The summed E-state index contributed by atoms with van der Waals surface area (Å²) in [5.41, 5.74) is 0.711. The van der Waals surface area contributed by atoms with Crippen LogP contribution in [-0.4, -0.2) is 35.9 Å². The second-order valence-electron chi connectivity index (χ2n) is 5.52. The largest absolute Gasteiger partial charge is 0.494 e. The van der Waals surface area contributed by atoms with Crippen molar-refractivity contribution in [3.05, 3.63) is 24.3 Å². The molecule has 1 saturated heterocycles. The summed E-state index contributed by atoms with van der Waals surface area (Å²) in [5, 5.41) is 2.86. The molecule has 0 radical (unpaired) electrons. The summed E-state index contributed by atoms with van der Waals surface area (Å²) in [6, 6.07) is 6.80. The van der Waals surface area contributed by atoms with Gasteiger partial charge in [-0.05, 0) is 51.0 Å². The van der Waals surface area contributed by atoms with Crippen LogP contribution in [0.2, 0.25) is 0 Å². The zero-order valence-electron chi connectivity index (χ0n) is 13.3. The molecule has 1 N–H and O–H groups in total. The third kappa shape index (κ3) is 4.23. The number of rotatable bonds is 5. The van der Waals surface area contributed by atoms with Crippen LogP contribution in [0.4, 0.5) is 5.69 Å². The molecular weight excluding hydrogens is 280 g/mol. The van der Waals surface area contributed by atoms with Gasteiger partial charge in [0.2, 0.25) is 11.8 Å². The van der Waals surface area contributed by atoms with Gasteiger partial charge < -0.3 is 15.0 Å². The Kier molecular flexibility index (Phi) is 5.81. The molecule has 120 valence electrons. The molecule has 0 bridgehead atoms. The van der Waals surface area contributed by atoms with E-state index in [9.17, 15) is 9.59 Å². The van der Waals surface area contributed by atoms with Crippen LogP contribution in [-0.2, 0) is 9.59 Å². The van der Waals surface area contributed by atoms with Gasteiger partial charge in [-0.15, -0.1) is 0 Å². The maximum atomic E-state index is 12.3. The second-order valence-corrected chi connectivity index (χ2v) is 5.52. The van der Waals surface area contributed by atoms with E-state index in [4.69, 9.17) is 4.74 Å². The van der Waals surface area contributed by atoms with Crippen molar-refractivity contribution in [2.45, 2.75) is 45.6 Å². The number of ether oxygens (including phenoxy) is 1. The van der Waals surface area contributed by atoms with Crippen LogP contribution < -0.4 is 10.1 Å². The topological polar surface area (TPSA) is 58.6 Å². The molecule has 1 aromatic rings. The Labute approximate surface area is 131 Å². The number of carbonyl (C=O) groups is 2. The monoisotopic (exact) mass is 304 g/mol. The van der Waals surface area contributed by atoms with Crippen molar-refractivity contribution in [1.29, 1.82) is 0 Å². The minimum Gasteiger partial charge on any atom is -0.494 e. The molecule has 0 aliphatic carbocycles. The summed E-state index contributed by atoms with van der Waals surface area (Å²) in [6.45, 7) is 4.99. The summed E-state index contributed by atoms with van der Waals surface area (Å²) in [7, 11) is 0. The maximum Gasteiger partial charge on any atom is 0.246 e. The molecule has 1 aromatic carbocycles. The first-order valence-electron chi connectivity index (χ1n) is 7.95. The molecule has 0 aromatic heterocycles. The van der Waals surface area contributed by atoms with E-state index in [-0.39, 0.29) is 11.8 Å². The Morgan fingerprint density at radius 2 is 2.00 bits per heavy atom. The van der Waals surface area contributed by atoms with Crippen molar-refractivity contribution in [3.8, 4) is 5.75 Å². The molecule has 1 aliphatic heterocycles. The third-order valence-corrected chi connectivity index (χ3v) is 3.89. The van der Waals surface area contributed by atoms with Crippen LogP contribution in [0.5, 0.6) is 5.75 Å². The van der Waals surface area contributed by atoms with E-state index in [1.165, 1.54) is 0 Å². The number of hydrogen-bond donors (Lipinski definition) is 1. The molecule has 22 heavy (non-hydrogen) atoms. The van der Waals surface area contributed by atoms with Crippen molar-refractivity contribution in [3.63, 3.8) is 0 Å². The minimum atomic E-state index is -0.447. The number of amides is 2. The van der Waals surface area contributed by atoms with Gasteiger partial charge in [0, 0.05) is 18.7 Å². The van der Waals surface area contributed by atoms with E-state index in [1.807, 2.05) is 19.1 Å². The van der Waals surface area contributed by atoms with Crippen LogP contribution >= 0.6 is 0 Å². The summed E-state index contributed by atoms with van der Waals surface area (Å²) in [6.07, 6.45) is 3.48. The van der Waals surface area contributed by atoms with Gasteiger partial charge in [-0.3, -0.25) is 9.59 Å². The van der Waals surface area contributed by atoms with Crippen molar-refractivity contribution < 1.29 is 14.3 Å². The number of nitrogens with zero attached hydrogens (tertiary/aromatic N) is 1. The third-order valence-electron chi connectivity index (χ3n) is 3.89. The van der Waals surface area contributed by atoms with Crippen molar-refractivity contribution in [2.24, 2.45) is 0 Å². The highest BCUT2D eigenvalue weighted by Gasteiger charge is 2.26. The highest BCUT2D eigenvalue weighted by atomic mass is 16.5. The zero-order chi connectivity index (χ0) is 15.9. The van der Waals surface area contributed by atoms with E-state index in [2.05, 4.69) is 5.32 Å². The fraction of sp³-hybridized carbons (Fsp3) is 0.529. The van der Waals surface area contributed by atoms with Crippen LogP contribution in [0.3, 0.4) is 0 Å². The van der Waals surface area contributed by atoms with Crippen LogP contribution in [0, 0.1) is 0 Å². The van der Waals surface area contributed by atoms with Crippen molar-refractivity contribution in [2.75, 3.05) is 18.5 Å². The lowest BCUT2D eigenvalue weighted by molar-refractivity contribution is -0.137. The Morgan fingerprint density at radius 3 is 2.68 bits per heavy atom. The Hall–Kier alpha value is -2.04. The molecule has 1 fully saturated rings. The molecule has 1 aliphatic rings. The van der Waals surface area contributed by atoms with Gasteiger partial charge in [0.25, 0.3) is 0 Å². The molecule has 0 saturated carbocycles. The van der Waals surface area contributed by atoms with Crippen molar-refractivity contribution >= 4 is 17.5 Å². The maximum absolute atomic E-state index is 12.3. The molecule has 1 atom stereocenters. The fourth-order valence-corrected chi connectivity index (χ4v) is 2.60. The number of carbonyl (C=O) groups excluding carboxylic acids is 2. The predicted molar refractivity (Wildman–Crippen MR) is 85.9 cm³/mol. The van der Waals surface area contributed by atoms with Gasteiger partial charge in [0.05, 0.1) is 6.61 Å². The highest BCUT2D eigenvalue weighted by Crippen LogP contribution is 2.18. The quantitative estimate of drug-likeness (QED) is 0.910. The van der Waals surface area contributed by atoms with Gasteiger partial charge >= 0.3 is 0 Å². The van der Waals surface area contributed by atoms with E-state index in [1.54, 1.807) is 24.0 Å². The normalized spacial score (nSPS) is 16.8. The average Bonchev–Trinajstić information content (AvgIpc) is 2.73. The van der Waals surface area contributed by atoms with E-state index >= 15 is 0 Å². The van der Waals surface area contributed by atoms with Gasteiger partial charge in [0.15, 0.2) is 0 Å². The number of likely N-dealkylation sites (tertiary alicyclic amines) is 1. The summed E-state index contributed by atoms with van der Waals surface area (Å²) >= 11 is 0. The predicted octanol–water partition coefficient (Wildman–Crippen LogP) is 2.81. The number of nitrogens with one attached hydrogen (secondary N) is 1. The van der Waals surface area contributed by atoms with Crippen LogP contribution in [0.25, 0.3) is 0 Å². The van der Waals surface area contributed by atoms with E-state index in [0.717, 1.165) is 25.0 Å². The SMILES string of the molecule is CCOc1ccc(NC(=O)[C@@H](C)N2CCCCCC2=O)cc1. The summed E-state index contributed by atoms with van der Waals surface area (Å²) < 4.78 is 5.37. The van der Waals surface area contributed by atoms with Crippen LogP contribution in [0.15, 0.2) is 24.3 Å². The lowest BCUT2D eigenvalue weighted by Crippen LogP contribution is -2.45.